The molecule has 3 rings (SSSR count). The molecule has 2 amide bonds. The SMILES string of the molecule is NC(=O)c1cc(COc2cccc(CCC(=O)Nc3ccccc3)c2)ccn1. The predicted octanol–water partition coefficient (Wildman–Crippen LogP) is 3.33. The Morgan fingerprint density at radius 2 is 1.79 bits per heavy atom. The van der Waals surface area contributed by atoms with Crippen molar-refractivity contribution in [3.05, 3.63) is 89.7 Å². The number of nitrogens with zero attached hydrogens (tertiary/aromatic N) is 1. The van der Waals surface area contributed by atoms with Gasteiger partial charge in [0.15, 0.2) is 0 Å². The highest BCUT2D eigenvalue weighted by atomic mass is 16.5. The van der Waals surface area contributed by atoms with Gasteiger partial charge in [0.2, 0.25) is 5.91 Å². The number of hydrogen-bond donors (Lipinski definition) is 2. The average Bonchev–Trinajstić information content (AvgIpc) is 2.72. The lowest BCUT2D eigenvalue weighted by atomic mass is 10.1. The number of primary amides is 1. The molecule has 6 heteroatoms. The maximum absolute atomic E-state index is 12.1. The minimum Gasteiger partial charge on any atom is -0.489 e. The van der Waals surface area contributed by atoms with Gasteiger partial charge in [-0.15, -0.1) is 0 Å². The summed E-state index contributed by atoms with van der Waals surface area (Å²) in [5.74, 6) is 0.0873. The van der Waals surface area contributed by atoms with Crippen molar-refractivity contribution >= 4 is 17.5 Å². The van der Waals surface area contributed by atoms with E-state index in [-0.39, 0.29) is 11.6 Å². The number of aromatic nitrogens is 1. The molecule has 3 aromatic rings. The molecule has 0 aliphatic carbocycles. The second-order valence-corrected chi connectivity index (χ2v) is 6.26. The van der Waals surface area contributed by atoms with Crippen LogP contribution in [-0.4, -0.2) is 16.8 Å². The number of nitrogens with two attached hydrogens (primary N) is 1. The third kappa shape index (κ3) is 5.67. The molecule has 0 aliphatic heterocycles. The molecule has 2 aromatic carbocycles. The van der Waals surface area contributed by atoms with Crippen molar-refractivity contribution in [2.24, 2.45) is 5.73 Å². The summed E-state index contributed by atoms with van der Waals surface area (Å²) in [6.07, 6.45) is 2.52. The van der Waals surface area contributed by atoms with Crippen LogP contribution in [0.4, 0.5) is 5.69 Å². The van der Waals surface area contributed by atoms with Gasteiger partial charge in [-0.25, -0.2) is 0 Å². The molecule has 0 aliphatic rings. The lowest BCUT2D eigenvalue weighted by Crippen LogP contribution is -2.13. The first kappa shape index (κ1) is 19.1. The van der Waals surface area contributed by atoms with Crippen LogP contribution in [0, 0.1) is 0 Å². The summed E-state index contributed by atoms with van der Waals surface area (Å²) < 4.78 is 5.79. The van der Waals surface area contributed by atoms with Crippen molar-refractivity contribution in [2.45, 2.75) is 19.4 Å². The number of amides is 2. The van der Waals surface area contributed by atoms with E-state index in [1.807, 2.05) is 54.6 Å². The van der Waals surface area contributed by atoms with Crippen LogP contribution in [0.2, 0.25) is 0 Å². The fraction of sp³-hybridized carbons (Fsp3) is 0.136. The van der Waals surface area contributed by atoms with Crippen molar-refractivity contribution < 1.29 is 14.3 Å². The summed E-state index contributed by atoms with van der Waals surface area (Å²) in [5.41, 5.74) is 8.05. The lowest BCUT2D eigenvalue weighted by molar-refractivity contribution is -0.116. The molecule has 0 bridgehead atoms. The molecule has 0 radical (unpaired) electrons. The van der Waals surface area contributed by atoms with E-state index in [1.165, 1.54) is 6.20 Å². The molecule has 3 N–H and O–H groups in total. The zero-order valence-electron chi connectivity index (χ0n) is 15.3. The van der Waals surface area contributed by atoms with Crippen LogP contribution in [0.15, 0.2) is 72.9 Å². The highest BCUT2D eigenvalue weighted by Crippen LogP contribution is 2.17. The van der Waals surface area contributed by atoms with Crippen molar-refractivity contribution in [3.63, 3.8) is 0 Å². The Morgan fingerprint density at radius 1 is 0.964 bits per heavy atom. The second kappa shape index (κ2) is 9.32. The Balaban J connectivity index is 1.53. The van der Waals surface area contributed by atoms with Gasteiger partial charge in [0.1, 0.15) is 18.1 Å². The molecule has 0 saturated heterocycles. The van der Waals surface area contributed by atoms with Gasteiger partial charge in [0, 0.05) is 18.3 Å². The molecule has 0 atom stereocenters. The van der Waals surface area contributed by atoms with E-state index in [9.17, 15) is 9.59 Å². The van der Waals surface area contributed by atoms with Crippen molar-refractivity contribution in [3.8, 4) is 5.75 Å². The van der Waals surface area contributed by atoms with E-state index < -0.39 is 5.91 Å². The van der Waals surface area contributed by atoms with Crippen LogP contribution in [0.3, 0.4) is 0 Å². The number of carbonyl (C=O) groups is 2. The number of nitrogens with one attached hydrogen (secondary N) is 1. The van der Waals surface area contributed by atoms with Crippen LogP contribution in [0.5, 0.6) is 5.75 Å². The standard InChI is InChI=1S/C22H21N3O3/c23-22(27)20-14-17(11-12-24-20)15-28-19-8-4-5-16(13-19)9-10-21(26)25-18-6-2-1-3-7-18/h1-8,11-14H,9-10,15H2,(H2,23,27)(H,25,26). The Kier molecular flexibility index (Phi) is 6.36. The first-order valence-electron chi connectivity index (χ1n) is 8.91. The Labute approximate surface area is 163 Å². The molecule has 0 fully saturated rings. The summed E-state index contributed by atoms with van der Waals surface area (Å²) in [6.45, 7) is 0.292. The van der Waals surface area contributed by atoms with E-state index in [1.54, 1.807) is 12.1 Å². The van der Waals surface area contributed by atoms with Crippen LogP contribution in [0.25, 0.3) is 0 Å². The number of para-hydroxylation sites is 1. The summed E-state index contributed by atoms with van der Waals surface area (Å²) in [5, 5.41) is 2.87. The van der Waals surface area contributed by atoms with Gasteiger partial charge in [-0.2, -0.15) is 0 Å². The zero-order chi connectivity index (χ0) is 19.8. The Morgan fingerprint density at radius 3 is 2.57 bits per heavy atom. The van der Waals surface area contributed by atoms with Crippen LogP contribution in [-0.2, 0) is 17.8 Å². The molecule has 6 nitrogen and oxygen atoms in total. The minimum absolute atomic E-state index is 0.0340. The van der Waals surface area contributed by atoms with Gasteiger partial charge < -0.3 is 15.8 Å². The molecule has 1 aromatic heterocycles. The highest BCUT2D eigenvalue weighted by Gasteiger charge is 2.06. The lowest BCUT2D eigenvalue weighted by Gasteiger charge is -2.09. The number of anilines is 1. The van der Waals surface area contributed by atoms with Gasteiger partial charge >= 0.3 is 0 Å². The van der Waals surface area contributed by atoms with Crippen LogP contribution in [0.1, 0.15) is 28.0 Å². The maximum atomic E-state index is 12.1. The Hall–Kier alpha value is -3.67. The number of pyridine rings is 1. The molecule has 28 heavy (non-hydrogen) atoms. The fourth-order valence-electron chi connectivity index (χ4n) is 2.66. The largest absolute Gasteiger partial charge is 0.489 e. The zero-order valence-corrected chi connectivity index (χ0v) is 15.3. The molecule has 0 unspecified atom stereocenters. The molecule has 0 saturated carbocycles. The number of rotatable bonds is 8. The fourth-order valence-corrected chi connectivity index (χ4v) is 2.66. The quantitative estimate of drug-likeness (QED) is 0.631. The number of benzene rings is 2. The second-order valence-electron chi connectivity index (χ2n) is 6.26. The van der Waals surface area contributed by atoms with Gasteiger partial charge in [-0.1, -0.05) is 30.3 Å². The van der Waals surface area contributed by atoms with Gasteiger partial charge in [0.25, 0.3) is 5.91 Å². The van der Waals surface area contributed by atoms with Gasteiger partial charge in [-0.05, 0) is 53.9 Å². The van der Waals surface area contributed by atoms with Crippen LogP contribution >= 0.6 is 0 Å². The van der Waals surface area contributed by atoms with Crippen molar-refractivity contribution in [2.75, 3.05) is 5.32 Å². The van der Waals surface area contributed by atoms with E-state index in [0.717, 1.165) is 16.8 Å². The average molecular weight is 375 g/mol. The smallest absolute Gasteiger partial charge is 0.267 e. The summed E-state index contributed by atoms with van der Waals surface area (Å²) >= 11 is 0. The summed E-state index contributed by atoms with van der Waals surface area (Å²) in [4.78, 5) is 27.2. The third-order valence-corrected chi connectivity index (χ3v) is 4.08. The maximum Gasteiger partial charge on any atom is 0.267 e. The molecule has 0 spiro atoms. The summed E-state index contributed by atoms with van der Waals surface area (Å²) in [7, 11) is 0. The van der Waals surface area contributed by atoms with E-state index in [0.29, 0.717) is 25.2 Å². The van der Waals surface area contributed by atoms with E-state index in [4.69, 9.17) is 10.5 Å². The number of carbonyl (C=O) groups excluding carboxylic acids is 2. The number of aryl methyl sites for hydroxylation is 1. The summed E-state index contributed by atoms with van der Waals surface area (Å²) in [6, 6.07) is 20.4. The van der Waals surface area contributed by atoms with E-state index in [2.05, 4.69) is 10.3 Å². The normalized spacial score (nSPS) is 10.3. The third-order valence-electron chi connectivity index (χ3n) is 4.08. The Bertz CT molecular complexity index is 958. The predicted molar refractivity (Wildman–Crippen MR) is 107 cm³/mol. The number of hydrogen-bond acceptors (Lipinski definition) is 4. The van der Waals surface area contributed by atoms with Crippen molar-refractivity contribution in [1.29, 1.82) is 0 Å². The highest BCUT2D eigenvalue weighted by molar-refractivity contribution is 5.91. The van der Waals surface area contributed by atoms with Crippen molar-refractivity contribution in [1.82, 2.24) is 4.98 Å². The molecular formula is C22H21N3O3. The number of ether oxygens (including phenoxy) is 1. The van der Waals surface area contributed by atoms with Gasteiger partial charge in [0.05, 0.1) is 0 Å². The molecular weight excluding hydrogens is 354 g/mol. The molecule has 142 valence electrons. The van der Waals surface area contributed by atoms with E-state index >= 15 is 0 Å². The first-order chi connectivity index (χ1) is 13.6. The van der Waals surface area contributed by atoms with Gasteiger partial charge in [-0.3, -0.25) is 14.6 Å². The monoisotopic (exact) mass is 375 g/mol. The first-order valence-corrected chi connectivity index (χ1v) is 8.91. The minimum atomic E-state index is -0.572. The molecule has 1 heterocycles. The van der Waals surface area contributed by atoms with Crippen LogP contribution < -0.4 is 15.8 Å². The topological polar surface area (TPSA) is 94.3 Å².